The summed E-state index contributed by atoms with van der Waals surface area (Å²) in [6.07, 6.45) is 3.62. The van der Waals surface area contributed by atoms with Gasteiger partial charge < -0.3 is 10.5 Å². The van der Waals surface area contributed by atoms with Gasteiger partial charge in [0.25, 0.3) is 0 Å². The van der Waals surface area contributed by atoms with Crippen LogP contribution < -0.4 is 10.5 Å². The number of hydrogen-bond acceptors (Lipinski definition) is 3. The Labute approximate surface area is 88.7 Å². The molecular weight excluding hydrogens is 190 g/mol. The average Bonchev–Trinajstić information content (AvgIpc) is 2.61. The third-order valence-corrected chi connectivity index (χ3v) is 1.98. The van der Waals surface area contributed by atoms with Crippen LogP contribution in [0, 0.1) is 0 Å². The lowest BCUT2D eigenvalue weighted by Crippen LogP contribution is -2.38. The molecule has 4 nitrogen and oxygen atoms in total. The predicted molar refractivity (Wildman–Crippen MR) is 59.0 cm³/mol. The predicted octanol–water partition coefficient (Wildman–Crippen LogP) is 1.45. The van der Waals surface area contributed by atoms with E-state index in [1.807, 2.05) is 42.6 Å². The van der Waals surface area contributed by atoms with Gasteiger partial charge in [-0.3, -0.25) is 4.40 Å². The van der Waals surface area contributed by atoms with Crippen molar-refractivity contribution in [2.45, 2.75) is 19.4 Å². The van der Waals surface area contributed by atoms with E-state index in [1.54, 1.807) is 6.20 Å². The van der Waals surface area contributed by atoms with Crippen molar-refractivity contribution in [3.05, 3.63) is 30.6 Å². The van der Waals surface area contributed by atoms with Gasteiger partial charge >= 0.3 is 0 Å². The number of nitrogens with two attached hydrogens (primary N) is 1. The Morgan fingerprint density at radius 2 is 2.27 bits per heavy atom. The van der Waals surface area contributed by atoms with Gasteiger partial charge in [-0.2, -0.15) is 0 Å². The Morgan fingerprint density at radius 1 is 1.47 bits per heavy atom. The molecule has 0 aromatic carbocycles. The molecule has 15 heavy (non-hydrogen) atoms. The molecule has 0 fully saturated rings. The quantitative estimate of drug-likeness (QED) is 0.825. The molecule has 0 amide bonds. The summed E-state index contributed by atoms with van der Waals surface area (Å²) in [6.45, 7) is 4.34. The average molecular weight is 205 g/mol. The minimum absolute atomic E-state index is 0.331. The van der Waals surface area contributed by atoms with E-state index in [-0.39, 0.29) is 5.54 Å². The number of imidazole rings is 1. The van der Waals surface area contributed by atoms with E-state index in [0.29, 0.717) is 6.61 Å². The second kappa shape index (κ2) is 3.55. The van der Waals surface area contributed by atoms with Crippen LogP contribution in [0.25, 0.3) is 5.65 Å². The fourth-order valence-electron chi connectivity index (χ4n) is 1.30. The van der Waals surface area contributed by atoms with E-state index in [4.69, 9.17) is 10.5 Å². The second-order valence-corrected chi connectivity index (χ2v) is 4.30. The molecule has 2 aromatic rings. The summed E-state index contributed by atoms with van der Waals surface area (Å²) in [5, 5.41) is 0. The van der Waals surface area contributed by atoms with Crippen LogP contribution in [0.4, 0.5) is 0 Å². The van der Waals surface area contributed by atoms with Crippen molar-refractivity contribution in [3.63, 3.8) is 0 Å². The van der Waals surface area contributed by atoms with Crippen molar-refractivity contribution in [2.24, 2.45) is 5.73 Å². The van der Waals surface area contributed by atoms with Crippen LogP contribution in [0.15, 0.2) is 30.6 Å². The Balaban J connectivity index is 2.24. The first-order chi connectivity index (χ1) is 7.06. The lowest BCUT2D eigenvalue weighted by atomic mass is 10.1. The lowest BCUT2D eigenvalue weighted by molar-refractivity contribution is 0.233. The van der Waals surface area contributed by atoms with Crippen molar-refractivity contribution in [2.75, 3.05) is 6.61 Å². The van der Waals surface area contributed by atoms with E-state index in [2.05, 4.69) is 4.98 Å². The van der Waals surface area contributed by atoms with Crippen LogP contribution >= 0.6 is 0 Å². The number of fused-ring (bicyclic) bond motifs is 1. The van der Waals surface area contributed by atoms with Gasteiger partial charge in [0.15, 0.2) is 5.88 Å². The summed E-state index contributed by atoms with van der Waals surface area (Å²) in [4.78, 5) is 4.18. The molecule has 0 aliphatic heterocycles. The molecule has 0 bridgehead atoms. The third kappa shape index (κ3) is 2.27. The molecule has 2 rings (SSSR count). The standard InChI is InChI=1S/C11H15N3O/c1-11(2,12)8-15-10-5-3-4-9-13-6-7-14(9)10/h3-7H,8,12H2,1-2H3. The lowest BCUT2D eigenvalue weighted by Gasteiger charge is -2.19. The highest BCUT2D eigenvalue weighted by Crippen LogP contribution is 2.14. The highest BCUT2D eigenvalue weighted by atomic mass is 16.5. The summed E-state index contributed by atoms with van der Waals surface area (Å²) in [7, 11) is 0. The van der Waals surface area contributed by atoms with E-state index in [0.717, 1.165) is 11.5 Å². The molecule has 2 N–H and O–H groups in total. The molecule has 4 heteroatoms. The van der Waals surface area contributed by atoms with Crippen LogP contribution in [-0.4, -0.2) is 21.5 Å². The van der Waals surface area contributed by atoms with E-state index >= 15 is 0 Å². The van der Waals surface area contributed by atoms with Crippen molar-refractivity contribution < 1.29 is 4.74 Å². The number of ether oxygens (including phenoxy) is 1. The largest absolute Gasteiger partial charge is 0.477 e. The molecule has 2 heterocycles. The van der Waals surface area contributed by atoms with Gasteiger partial charge in [0.1, 0.15) is 12.3 Å². The highest BCUT2D eigenvalue weighted by molar-refractivity contribution is 5.41. The third-order valence-electron chi connectivity index (χ3n) is 1.98. The Morgan fingerprint density at radius 3 is 3.00 bits per heavy atom. The Hall–Kier alpha value is -1.55. The summed E-state index contributed by atoms with van der Waals surface area (Å²) in [5.74, 6) is 0.767. The second-order valence-electron chi connectivity index (χ2n) is 4.30. The smallest absolute Gasteiger partial charge is 0.199 e. The van der Waals surface area contributed by atoms with Gasteiger partial charge in [-0.05, 0) is 26.0 Å². The fraction of sp³-hybridized carbons (Fsp3) is 0.364. The zero-order chi connectivity index (χ0) is 10.9. The molecule has 0 aliphatic carbocycles. The minimum atomic E-state index is -0.331. The van der Waals surface area contributed by atoms with E-state index in [9.17, 15) is 0 Å². The summed E-state index contributed by atoms with van der Waals surface area (Å²) < 4.78 is 7.53. The molecule has 0 spiro atoms. The van der Waals surface area contributed by atoms with Gasteiger partial charge in [-0.25, -0.2) is 4.98 Å². The van der Waals surface area contributed by atoms with Crippen LogP contribution in [-0.2, 0) is 0 Å². The fourth-order valence-corrected chi connectivity index (χ4v) is 1.30. The van der Waals surface area contributed by atoms with Crippen molar-refractivity contribution >= 4 is 5.65 Å². The van der Waals surface area contributed by atoms with E-state index < -0.39 is 0 Å². The molecule has 0 unspecified atom stereocenters. The monoisotopic (exact) mass is 205 g/mol. The van der Waals surface area contributed by atoms with Crippen molar-refractivity contribution in [1.82, 2.24) is 9.38 Å². The molecule has 0 aliphatic rings. The van der Waals surface area contributed by atoms with Gasteiger partial charge in [-0.15, -0.1) is 0 Å². The number of hydrogen-bond donors (Lipinski definition) is 1. The SMILES string of the molecule is CC(C)(N)COc1cccc2nccn12. The molecule has 0 radical (unpaired) electrons. The molecule has 0 atom stereocenters. The maximum Gasteiger partial charge on any atom is 0.199 e. The number of nitrogens with zero attached hydrogens (tertiary/aromatic N) is 2. The van der Waals surface area contributed by atoms with Gasteiger partial charge in [0.2, 0.25) is 0 Å². The number of rotatable bonds is 3. The first kappa shape index (κ1) is 9.98. The Kier molecular flexibility index (Phi) is 2.36. The van der Waals surface area contributed by atoms with Crippen molar-refractivity contribution in [3.8, 4) is 5.88 Å². The maximum absolute atomic E-state index is 5.85. The van der Waals surface area contributed by atoms with Gasteiger partial charge in [-0.1, -0.05) is 6.07 Å². The maximum atomic E-state index is 5.85. The topological polar surface area (TPSA) is 52.5 Å². The van der Waals surface area contributed by atoms with Gasteiger partial charge in [0.05, 0.1) is 0 Å². The first-order valence-electron chi connectivity index (χ1n) is 4.90. The summed E-state index contributed by atoms with van der Waals surface area (Å²) in [5.41, 5.74) is 6.40. The molecule has 0 saturated carbocycles. The zero-order valence-corrected chi connectivity index (χ0v) is 8.97. The molecule has 80 valence electrons. The van der Waals surface area contributed by atoms with Crippen LogP contribution in [0.2, 0.25) is 0 Å². The zero-order valence-electron chi connectivity index (χ0n) is 8.97. The molecular formula is C11H15N3O. The van der Waals surface area contributed by atoms with Crippen LogP contribution in [0.3, 0.4) is 0 Å². The van der Waals surface area contributed by atoms with Crippen molar-refractivity contribution in [1.29, 1.82) is 0 Å². The summed E-state index contributed by atoms with van der Waals surface area (Å²) >= 11 is 0. The Bertz CT molecular complexity index is 456. The minimum Gasteiger partial charge on any atom is -0.477 e. The highest BCUT2D eigenvalue weighted by Gasteiger charge is 2.12. The molecule has 0 saturated heterocycles. The first-order valence-corrected chi connectivity index (χ1v) is 4.90. The summed E-state index contributed by atoms with van der Waals surface area (Å²) in [6, 6.07) is 5.75. The number of aromatic nitrogens is 2. The number of pyridine rings is 1. The van der Waals surface area contributed by atoms with Crippen LogP contribution in [0.1, 0.15) is 13.8 Å². The van der Waals surface area contributed by atoms with E-state index in [1.165, 1.54) is 0 Å². The normalized spacial score (nSPS) is 11.9. The van der Waals surface area contributed by atoms with Gasteiger partial charge in [0, 0.05) is 17.9 Å². The van der Waals surface area contributed by atoms with Crippen LogP contribution in [0.5, 0.6) is 5.88 Å². The molecule has 2 aromatic heterocycles.